The molecule has 0 aromatic heterocycles. The third-order valence-electron chi connectivity index (χ3n) is 4.88. The van der Waals surface area contributed by atoms with Gasteiger partial charge in [-0.25, -0.2) is 9.79 Å². The summed E-state index contributed by atoms with van der Waals surface area (Å²) >= 11 is 0. The van der Waals surface area contributed by atoms with Gasteiger partial charge in [-0.3, -0.25) is 0 Å². The quantitative estimate of drug-likeness (QED) is 0.496. The Morgan fingerprint density at radius 2 is 1.90 bits per heavy atom. The molecule has 29 heavy (non-hydrogen) atoms. The van der Waals surface area contributed by atoms with Crippen molar-refractivity contribution < 1.29 is 9.53 Å². The van der Waals surface area contributed by atoms with Gasteiger partial charge in [-0.1, -0.05) is 24.3 Å². The fourth-order valence-corrected chi connectivity index (χ4v) is 3.23. The van der Waals surface area contributed by atoms with Gasteiger partial charge in [-0.05, 0) is 54.7 Å². The van der Waals surface area contributed by atoms with Crippen LogP contribution in [0.3, 0.4) is 0 Å². The zero-order valence-corrected chi connectivity index (χ0v) is 16.9. The van der Waals surface area contributed by atoms with Crippen LogP contribution in [0, 0.1) is 0 Å². The lowest BCUT2D eigenvalue weighted by Crippen LogP contribution is -2.33. The van der Waals surface area contributed by atoms with Crippen LogP contribution < -0.4 is 21.1 Å². The number of nitrogens with one attached hydrogen (secondary N) is 2. The van der Waals surface area contributed by atoms with Gasteiger partial charge in [0.1, 0.15) is 5.75 Å². The number of carbonyl (C=O) groups is 1. The molecule has 0 atom stereocenters. The highest BCUT2D eigenvalue weighted by Crippen LogP contribution is 2.15. The fraction of sp³-hybridized carbons (Fsp3) is 0.364. The summed E-state index contributed by atoms with van der Waals surface area (Å²) in [6, 6.07) is 15.6. The van der Waals surface area contributed by atoms with Crippen molar-refractivity contribution in [2.45, 2.75) is 25.8 Å². The van der Waals surface area contributed by atoms with E-state index in [0.717, 1.165) is 49.4 Å². The van der Waals surface area contributed by atoms with E-state index in [1.54, 1.807) is 7.11 Å². The van der Waals surface area contributed by atoms with Gasteiger partial charge in [0.05, 0.1) is 13.7 Å². The first-order valence-corrected chi connectivity index (χ1v) is 9.95. The van der Waals surface area contributed by atoms with Gasteiger partial charge in [0.2, 0.25) is 0 Å². The van der Waals surface area contributed by atoms with Gasteiger partial charge in [0.25, 0.3) is 0 Å². The number of rotatable bonds is 7. The predicted molar refractivity (Wildman–Crippen MR) is 116 cm³/mol. The minimum absolute atomic E-state index is 0.0390. The van der Waals surface area contributed by atoms with E-state index in [9.17, 15) is 4.79 Å². The Morgan fingerprint density at radius 1 is 1.14 bits per heavy atom. The van der Waals surface area contributed by atoms with Crippen LogP contribution in [-0.2, 0) is 13.0 Å². The maximum absolute atomic E-state index is 12.2. The van der Waals surface area contributed by atoms with Gasteiger partial charge >= 0.3 is 6.03 Å². The molecule has 7 heteroatoms. The number of likely N-dealkylation sites (tertiary alicyclic amines) is 1. The van der Waals surface area contributed by atoms with E-state index in [4.69, 9.17) is 10.5 Å². The molecule has 1 aliphatic heterocycles. The van der Waals surface area contributed by atoms with Gasteiger partial charge in [-0.15, -0.1) is 0 Å². The van der Waals surface area contributed by atoms with Crippen LogP contribution in [0.4, 0.5) is 10.5 Å². The molecule has 1 saturated heterocycles. The Balaban J connectivity index is 1.45. The Hall–Kier alpha value is -3.22. The van der Waals surface area contributed by atoms with Gasteiger partial charge < -0.3 is 26.0 Å². The van der Waals surface area contributed by atoms with E-state index >= 15 is 0 Å². The minimum Gasteiger partial charge on any atom is -0.497 e. The summed E-state index contributed by atoms with van der Waals surface area (Å²) in [5, 5.41) is 6.09. The molecule has 0 unspecified atom stereocenters. The molecule has 2 aromatic rings. The van der Waals surface area contributed by atoms with E-state index in [-0.39, 0.29) is 6.03 Å². The van der Waals surface area contributed by atoms with Crippen LogP contribution in [0.25, 0.3) is 0 Å². The second-order valence-corrected chi connectivity index (χ2v) is 7.05. The Bertz CT molecular complexity index is 829. The molecule has 4 N–H and O–H groups in total. The van der Waals surface area contributed by atoms with Crippen LogP contribution in [0.2, 0.25) is 0 Å². The lowest BCUT2D eigenvalue weighted by atomic mass is 10.1. The summed E-state index contributed by atoms with van der Waals surface area (Å²) in [5.74, 6) is 1.26. The molecule has 0 bridgehead atoms. The van der Waals surface area contributed by atoms with E-state index in [0.29, 0.717) is 19.0 Å². The van der Waals surface area contributed by atoms with Crippen LogP contribution in [0.15, 0.2) is 53.5 Å². The number of aliphatic imine (C=N–C) groups is 1. The summed E-state index contributed by atoms with van der Waals surface area (Å²) in [6.07, 6.45) is 3.00. The summed E-state index contributed by atoms with van der Waals surface area (Å²) < 4.78 is 5.16. The number of amides is 2. The first-order valence-electron chi connectivity index (χ1n) is 9.95. The zero-order valence-electron chi connectivity index (χ0n) is 16.9. The predicted octanol–water partition coefficient (Wildman–Crippen LogP) is 2.97. The molecule has 1 heterocycles. The Kier molecular flexibility index (Phi) is 7.33. The molecule has 1 aliphatic rings. The number of urea groups is 1. The molecule has 0 saturated carbocycles. The maximum Gasteiger partial charge on any atom is 0.321 e. The van der Waals surface area contributed by atoms with E-state index in [1.165, 1.54) is 5.56 Å². The summed E-state index contributed by atoms with van der Waals surface area (Å²) in [7, 11) is 1.66. The molecule has 0 aliphatic carbocycles. The highest BCUT2D eigenvalue weighted by molar-refractivity contribution is 5.89. The first-order chi connectivity index (χ1) is 14.1. The summed E-state index contributed by atoms with van der Waals surface area (Å²) in [4.78, 5) is 18.4. The Labute approximate surface area is 172 Å². The number of carbonyl (C=O) groups excluding carboxylic acids is 1. The lowest BCUT2D eigenvalue weighted by molar-refractivity contribution is 0.222. The average molecular weight is 396 g/mol. The zero-order chi connectivity index (χ0) is 20.5. The van der Waals surface area contributed by atoms with Crippen molar-refractivity contribution in [2.75, 3.05) is 32.1 Å². The summed E-state index contributed by atoms with van der Waals surface area (Å²) in [6.45, 7) is 2.81. The standard InChI is InChI=1S/C22H29N5O2/c1-29-20-9-7-17(8-10-20)11-12-24-21(23)25-16-18-5-4-6-19(15-18)26-22(28)27-13-2-3-14-27/h4-10,15H,2-3,11-14,16H2,1H3,(H,26,28)(H3,23,24,25). The van der Waals surface area contributed by atoms with E-state index < -0.39 is 0 Å². The highest BCUT2D eigenvalue weighted by atomic mass is 16.5. The van der Waals surface area contributed by atoms with Gasteiger partial charge in [0.15, 0.2) is 5.96 Å². The van der Waals surface area contributed by atoms with Crippen molar-refractivity contribution in [1.29, 1.82) is 0 Å². The van der Waals surface area contributed by atoms with Gasteiger partial charge in [-0.2, -0.15) is 0 Å². The Morgan fingerprint density at radius 3 is 2.62 bits per heavy atom. The van der Waals surface area contributed by atoms with Gasteiger partial charge in [0, 0.05) is 25.3 Å². The molecular weight excluding hydrogens is 366 g/mol. The number of nitrogens with zero attached hydrogens (tertiary/aromatic N) is 2. The largest absolute Gasteiger partial charge is 0.497 e. The highest BCUT2D eigenvalue weighted by Gasteiger charge is 2.17. The lowest BCUT2D eigenvalue weighted by Gasteiger charge is -2.16. The topological polar surface area (TPSA) is 92.0 Å². The van der Waals surface area contributed by atoms with Crippen molar-refractivity contribution in [1.82, 2.24) is 10.2 Å². The summed E-state index contributed by atoms with van der Waals surface area (Å²) in [5.41, 5.74) is 8.95. The van der Waals surface area contributed by atoms with Crippen LogP contribution >= 0.6 is 0 Å². The molecule has 1 fully saturated rings. The molecule has 0 radical (unpaired) electrons. The number of nitrogens with two attached hydrogens (primary N) is 1. The van der Waals surface area contributed by atoms with Crippen molar-refractivity contribution >= 4 is 17.7 Å². The normalized spacial score (nSPS) is 14.0. The molecule has 7 nitrogen and oxygen atoms in total. The minimum atomic E-state index is -0.0390. The number of guanidine groups is 1. The SMILES string of the molecule is COc1ccc(CCNC(N)=NCc2cccc(NC(=O)N3CCCC3)c2)cc1. The van der Waals surface area contributed by atoms with Crippen molar-refractivity contribution in [3.8, 4) is 5.75 Å². The second-order valence-electron chi connectivity index (χ2n) is 7.05. The van der Waals surface area contributed by atoms with Crippen LogP contribution in [0.5, 0.6) is 5.75 Å². The molecule has 2 aromatic carbocycles. The molecule has 3 rings (SSSR count). The molecule has 2 amide bonds. The first kappa shape index (κ1) is 20.5. The van der Waals surface area contributed by atoms with E-state index in [2.05, 4.69) is 15.6 Å². The maximum atomic E-state index is 12.2. The van der Waals surface area contributed by atoms with Crippen molar-refractivity contribution in [2.24, 2.45) is 10.7 Å². The fourth-order valence-electron chi connectivity index (χ4n) is 3.23. The average Bonchev–Trinajstić information content (AvgIpc) is 3.28. The number of methoxy groups -OCH3 is 1. The molecule has 154 valence electrons. The number of ether oxygens (including phenoxy) is 1. The van der Waals surface area contributed by atoms with Crippen molar-refractivity contribution in [3.05, 3.63) is 59.7 Å². The number of hydrogen-bond acceptors (Lipinski definition) is 3. The smallest absolute Gasteiger partial charge is 0.321 e. The molecular formula is C22H29N5O2. The number of hydrogen-bond donors (Lipinski definition) is 3. The van der Waals surface area contributed by atoms with Crippen LogP contribution in [-0.4, -0.2) is 43.6 Å². The monoisotopic (exact) mass is 395 g/mol. The van der Waals surface area contributed by atoms with Crippen molar-refractivity contribution in [3.63, 3.8) is 0 Å². The number of benzene rings is 2. The van der Waals surface area contributed by atoms with Crippen LogP contribution in [0.1, 0.15) is 24.0 Å². The number of anilines is 1. The third-order valence-corrected chi connectivity index (χ3v) is 4.88. The molecule has 0 spiro atoms. The van der Waals surface area contributed by atoms with E-state index in [1.807, 2.05) is 53.4 Å². The second kappa shape index (κ2) is 10.4. The third kappa shape index (κ3) is 6.41.